The highest BCUT2D eigenvalue weighted by Crippen LogP contribution is 2.12. The summed E-state index contributed by atoms with van der Waals surface area (Å²) in [5.41, 5.74) is 3.43. The highest BCUT2D eigenvalue weighted by molar-refractivity contribution is 5.84. The van der Waals surface area contributed by atoms with E-state index in [-0.39, 0.29) is 11.9 Å². The van der Waals surface area contributed by atoms with Crippen molar-refractivity contribution in [3.63, 3.8) is 0 Å². The third-order valence-corrected chi connectivity index (χ3v) is 4.01. The molecule has 0 aliphatic heterocycles. The number of benzene rings is 2. The zero-order chi connectivity index (χ0) is 17.4. The molecule has 0 aromatic heterocycles. The molecule has 0 spiro atoms. The van der Waals surface area contributed by atoms with Crippen LogP contribution in [-0.2, 0) is 17.6 Å². The van der Waals surface area contributed by atoms with Gasteiger partial charge in [-0.15, -0.1) is 0 Å². The molecule has 2 rings (SSSR count). The van der Waals surface area contributed by atoms with Gasteiger partial charge in [-0.3, -0.25) is 4.79 Å². The van der Waals surface area contributed by atoms with Crippen molar-refractivity contribution >= 4 is 11.6 Å². The Kier molecular flexibility index (Phi) is 6.67. The standard InChI is InChI=1S/C20H26N2O2/c1-4-16-5-9-18(10-6-16)22-15(2)20(23)21-14-13-17-7-11-19(24-3)12-8-17/h5-12,15,22H,4,13-14H2,1-3H3,(H,21,23). The number of hydrogen-bond donors (Lipinski definition) is 2. The fraction of sp³-hybridized carbons (Fsp3) is 0.350. The summed E-state index contributed by atoms with van der Waals surface area (Å²) >= 11 is 0. The predicted molar refractivity (Wildman–Crippen MR) is 98.6 cm³/mol. The summed E-state index contributed by atoms with van der Waals surface area (Å²) in [6.45, 7) is 4.61. The van der Waals surface area contributed by atoms with Crippen LogP contribution >= 0.6 is 0 Å². The van der Waals surface area contributed by atoms with Crippen LogP contribution in [0.5, 0.6) is 5.75 Å². The Morgan fingerprint density at radius 3 is 2.25 bits per heavy atom. The van der Waals surface area contributed by atoms with E-state index < -0.39 is 0 Å². The topological polar surface area (TPSA) is 50.4 Å². The summed E-state index contributed by atoms with van der Waals surface area (Å²) in [6, 6.07) is 15.8. The summed E-state index contributed by atoms with van der Waals surface area (Å²) in [5, 5.41) is 6.20. The summed E-state index contributed by atoms with van der Waals surface area (Å²) in [5.74, 6) is 0.845. The first-order chi connectivity index (χ1) is 11.6. The molecular formula is C20H26N2O2. The van der Waals surface area contributed by atoms with Crippen molar-refractivity contribution in [1.82, 2.24) is 5.32 Å². The quantitative estimate of drug-likeness (QED) is 0.781. The highest BCUT2D eigenvalue weighted by atomic mass is 16.5. The molecule has 2 N–H and O–H groups in total. The molecule has 1 amide bonds. The van der Waals surface area contributed by atoms with E-state index in [0.717, 1.165) is 24.3 Å². The molecule has 0 radical (unpaired) electrons. The number of hydrogen-bond acceptors (Lipinski definition) is 3. The van der Waals surface area contributed by atoms with Crippen molar-refractivity contribution < 1.29 is 9.53 Å². The van der Waals surface area contributed by atoms with Crippen LogP contribution in [0.3, 0.4) is 0 Å². The van der Waals surface area contributed by atoms with Gasteiger partial charge in [-0.2, -0.15) is 0 Å². The van der Waals surface area contributed by atoms with Crippen LogP contribution in [0.2, 0.25) is 0 Å². The monoisotopic (exact) mass is 326 g/mol. The minimum atomic E-state index is -0.270. The SMILES string of the molecule is CCc1ccc(NC(C)C(=O)NCCc2ccc(OC)cc2)cc1. The van der Waals surface area contributed by atoms with Crippen molar-refractivity contribution in [3.05, 3.63) is 59.7 Å². The Hall–Kier alpha value is -2.49. The van der Waals surface area contributed by atoms with Gasteiger partial charge in [0.2, 0.25) is 5.91 Å². The second kappa shape index (κ2) is 8.96. The fourth-order valence-corrected chi connectivity index (χ4v) is 2.43. The van der Waals surface area contributed by atoms with Gasteiger partial charge in [-0.25, -0.2) is 0 Å². The molecule has 0 saturated carbocycles. The van der Waals surface area contributed by atoms with Crippen LogP contribution in [-0.4, -0.2) is 25.6 Å². The molecule has 128 valence electrons. The average molecular weight is 326 g/mol. The molecule has 4 nitrogen and oxygen atoms in total. The third kappa shape index (κ3) is 5.30. The summed E-state index contributed by atoms with van der Waals surface area (Å²) in [6.07, 6.45) is 1.81. The lowest BCUT2D eigenvalue weighted by atomic mass is 10.1. The van der Waals surface area contributed by atoms with Gasteiger partial charge in [0.15, 0.2) is 0 Å². The van der Waals surface area contributed by atoms with Gasteiger partial charge in [-0.1, -0.05) is 31.2 Å². The molecule has 0 saturated heterocycles. The number of aryl methyl sites for hydroxylation is 1. The van der Waals surface area contributed by atoms with Crippen LogP contribution in [0.1, 0.15) is 25.0 Å². The number of anilines is 1. The Morgan fingerprint density at radius 1 is 1.04 bits per heavy atom. The predicted octanol–water partition coefficient (Wildman–Crippen LogP) is 3.42. The summed E-state index contributed by atoms with van der Waals surface area (Å²) in [7, 11) is 1.65. The number of carbonyl (C=O) groups excluding carboxylic acids is 1. The highest BCUT2D eigenvalue weighted by Gasteiger charge is 2.11. The lowest BCUT2D eigenvalue weighted by Crippen LogP contribution is -2.38. The lowest BCUT2D eigenvalue weighted by Gasteiger charge is -2.15. The van der Waals surface area contributed by atoms with Gasteiger partial charge in [0, 0.05) is 12.2 Å². The van der Waals surface area contributed by atoms with Gasteiger partial charge in [0.1, 0.15) is 11.8 Å². The molecule has 1 unspecified atom stereocenters. The van der Waals surface area contributed by atoms with Crippen LogP contribution < -0.4 is 15.4 Å². The van der Waals surface area contributed by atoms with Gasteiger partial charge < -0.3 is 15.4 Å². The molecule has 2 aromatic rings. The zero-order valence-electron chi connectivity index (χ0n) is 14.6. The zero-order valence-corrected chi connectivity index (χ0v) is 14.6. The van der Waals surface area contributed by atoms with Crippen LogP contribution in [0.25, 0.3) is 0 Å². The van der Waals surface area contributed by atoms with Crippen molar-refractivity contribution in [2.75, 3.05) is 19.0 Å². The van der Waals surface area contributed by atoms with Gasteiger partial charge in [-0.05, 0) is 55.2 Å². The number of carbonyl (C=O) groups is 1. The minimum Gasteiger partial charge on any atom is -0.497 e. The molecule has 0 aliphatic carbocycles. The van der Waals surface area contributed by atoms with E-state index in [9.17, 15) is 4.79 Å². The van der Waals surface area contributed by atoms with Gasteiger partial charge in [0.05, 0.1) is 7.11 Å². The second-order valence-corrected chi connectivity index (χ2v) is 5.81. The van der Waals surface area contributed by atoms with E-state index in [1.54, 1.807) is 7.11 Å². The van der Waals surface area contributed by atoms with E-state index in [2.05, 4.69) is 29.7 Å². The fourth-order valence-electron chi connectivity index (χ4n) is 2.43. The molecular weight excluding hydrogens is 300 g/mol. The molecule has 0 aliphatic rings. The molecule has 24 heavy (non-hydrogen) atoms. The lowest BCUT2D eigenvalue weighted by molar-refractivity contribution is -0.121. The first-order valence-electron chi connectivity index (χ1n) is 8.38. The van der Waals surface area contributed by atoms with Crippen molar-refractivity contribution in [2.45, 2.75) is 32.7 Å². The number of nitrogens with one attached hydrogen (secondary N) is 2. The molecule has 2 aromatic carbocycles. The minimum absolute atomic E-state index is 0.00285. The van der Waals surface area contributed by atoms with Crippen molar-refractivity contribution in [2.24, 2.45) is 0 Å². The number of methoxy groups -OCH3 is 1. The molecule has 0 bridgehead atoms. The normalized spacial score (nSPS) is 11.6. The van der Waals surface area contributed by atoms with Crippen LogP contribution in [0.4, 0.5) is 5.69 Å². The van der Waals surface area contributed by atoms with E-state index in [1.807, 2.05) is 43.3 Å². The van der Waals surface area contributed by atoms with Crippen LogP contribution in [0, 0.1) is 0 Å². The maximum Gasteiger partial charge on any atom is 0.242 e. The van der Waals surface area contributed by atoms with E-state index in [1.165, 1.54) is 11.1 Å². The smallest absolute Gasteiger partial charge is 0.242 e. The van der Waals surface area contributed by atoms with Crippen LogP contribution in [0.15, 0.2) is 48.5 Å². The molecule has 0 heterocycles. The van der Waals surface area contributed by atoms with E-state index in [4.69, 9.17) is 4.74 Å². The van der Waals surface area contributed by atoms with Crippen molar-refractivity contribution in [1.29, 1.82) is 0 Å². The van der Waals surface area contributed by atoms with Gasteiger partial charge in [0.25, 0.3) is 0 Å². The number of rotatable bonds is 8. The number of ether oxygens (including phenoxy) is 1. The van der Waals surface area contributed by atoms with Gasteiger partial charge >= 0.3 is 0 Å². The Bertz CT molecular complexity index is 636. The van der Waals surface area contributed by atoms with Crippen molar-refractivity contribution in [3.8, 4) is 5.75 Å². The second-order valence-electron chi connectivity index (χ2n) is 5.81. The largest absolute Gasteiger partial charge is 0.497 e. The third-order valence-electron chi connectivity index (χ3n) is 4.01. The Morgan fingerprint density at radius 2 is 1.67 bits per heavy atom. The molecule has 4 heteroatoms. The number of amides is 1. The summed E-state index contributed by atoms with van der Waals surface area (Å²) in [4.78, 5) is 12.2. The molecule has 1 atom stereocenters. The maximum atomic E-state index is 12.2. The Balaban J connectivity index is 1.76. The molecule has 0 fully saturated rings. The first kappa shape index (κ1) is 17.9. The van der Waals surface area contributed by atoms with E-state index in [0.29, 0.717) is 6.54 Å². The Labute approximate surface area is 144 Å². The average Bonchev–Trinajstić information content (AvgIpc) is 2.62. The first-order valence-corrected chi connectivity index (χ1v) is 8.38. The van der Waals surface area contributed by atoms with E-state index >= 15 is 0 Å². The summed E-state index contributed by atoms with van der Waals surface area (Å²) < 4.78 is 5.14. The maximum absolute atomic E-state index is 12.2.